The molecule has 1 aromatic carbocycles. The standard InChI is InChI=1S/C15H23NO3/c1-16-7-6-11-9-14(18-2)15(19-3)10-12(11)13(16)5-4-8-17/h9-10,13,17H,4-8H2,1-3H3. The highest BCUT2D eigenvalue weighted by molar-refractivity contribution is 5.49. The van der Waals surface area contributed by atoms with E-state index < -0.39 is 0 Å². The fraction of sp³-hybridized carbons (Fsp3) is 0.600. The number of nitrogens with zero attached hydrogens (tertiary/aromatic N) is 1. The second-order valence-corrected chi connectivity index (χ2v) is 5.02. The van der Waals surface area contributed by atoms with Crippen LogP contribution in [0.1, 0.15) is 30.0 Å². The van der Waals surface area contributed by atoms with Crippen molar-refractivity contribution in [1.29, 1.82) is 0 Å². The molecule has 0 bridgehead atoms. The Labute approximate surface area is 114 Å². The summed E-state index contributed by atoms with van der Waals surface area (Å²) in [6.45, 7) is 1.28. The van der Waals surface area contributed by atoms with Gasteiger partial charge < -0.3 is 14.6 Å². The highest BCUT2D eigenvalue weighted by atomic mass is 16.5. The Morgan fingerprint density at radius 1 is 1.26 bits per heavy atom. The summed E-state index contributed by atoms with van der Waals surface area (Å²) in [5, 5.41) is 9.05. The maximum atomic E-state index is 9.05. The topological polar surface area (TPSA) is 41.9 Å². The number of hydrogen-bond acceptors (Lipinski definition) is 4. The number of aliphatic hydroxyl groups is 1. The minimum atomic E-state index is 0.243. The molecule has 2 rings (SSSR count). The van der Waals surface area contributed by atoms with Crippen LogP contribution in [0.4, 0.5) is 0 Å². The van der Waals surface area contributed by atoms with E-state index in [4.69, 9.17) is 14.6 Å². The molecule has 1 aliphatic heterocycles. The summed E-state index contributed by atoms with van der Waals surface area (Å²) in [7, 11) is 5.48. The van der Waals surface area contributed by atoms with Gasteiger partial charge in [0.15, 0.2) is 11.5 Å². The van der Waals surface area contributed by atoms with Crippen LogP contribution in [0.25, 0.3) is 0 Å². The first-order valence-electron chi connectivity index (χ1n) is 6.77. The molecule has 4 heteroatoms. The number of hydrogen-bond donors (Lipinski definition) is 1. The number of likely N-dealkylation sites (N-methyl/N-ethyl adjacent to an activating group) is 1. The summed E-state index contributed by atoms with van der Waals surface area (Å²) in [5.74, 6) is 1.58. The largest absolute Gasteiger partial charge is 0.493 e. The van der Waals surface area contributed by atoms with Gasteiger partial charge in [0.25, 0.3) is 0 Å². The van der Waals surface area contributed by atoms with Gasteiger partial charge >= 0.3 is 0 Å². The van der Waals surface area contributed by atoms with Crippen molar-refractivity contribution in [2.45, 2.75) is 25.3 Å². The Kier molecular flexibility index (Phi) is 4.66. The van der Waals surface area contributed by atoms with Crippen molar-refractivity contribution in [2.75, 3.05) is 34.4 Å². The molecular formula is C15H23NO3. The second-order valence-electron chi connectivity index (χ2n) is 5.02. The molecule has 19 heavy (non-hydrogen) atoms. The first-order valence-corrected chi connectivity index (χ1v) is 6.77. The van der Waals surface area contributed by atoms with Crippen molar-refractivity contribution < 1.29 is 14.6 Å². The monoisotopic (exact) mass is 265 g/mol. The third-order valence-corrected chi connectivity index (χ3v) is 3.91. The molecule has 1 aromatic rings. The average molecular weight is 265 g/mol. The van der Waals surface area contributed by atoms with Crippen molar-refractivity contribution in [1.82, 2.24) is 4.90 Å². The number of ether oxygens (including phenoxy) is 2. The molecule has 4 nitrogen and oxygen atoms in total. The summed E-state index contributed by atoms with van der Waals surface area (Å²) >= 11 is 0. The van der Waals surface area contributed by atoms with E-state index in [0.717, 1.165) is 37.3 Å². The third-order valence-electron chi connectivity index (χ3n) is 3.91. The predicted molar refractivity (Wildman–Crippen MR) is 74.9 cm³/mol. The van der Waals surface area contributed by atoms with Gasteiger partial charge in [0.1, 0.15) is 0 Å². The van der Waals surface area contributed by atoms with E-state index in [2.05, 4.69) is 24.1 Å². The lowest BCUT2D eigenvalue weighted by Gasteiger charge is -2.35. The molecule has 0 spiro atoms. The van der Waals surface area contributed by atoms with Gasteiger partial charge in [0, 0.05) is 19.2 Å². The van der Waals surface area contributed by atoms with Crippen molar-refractivity contribution in [3.63, 3.8) is 0 Å². The predicted octanol–water partition coefficient (Wildman–Crippen LogP) is 2.01. The molecule has 0 saturated carbocycles. The zero-order valence-electron chi connectivity index (χ0n) is 12.0. The lowest BCUT2D eigenvalue weighted by molar-refractivity contribution is 0.196. The van der Waals surface area contributed by atoms with Gasteiger partial charge in [-0.1, -0.05) is 0 Å². The average Bonchev–Trinajstić information content (AvgIpc) is 2.44. The minimum Gasteiger partial charge on any atom is -0.493 e. The van der Waals surface area contributed by atoms with Crippen LogP contribution in [-0.2, 0) is 6.42 Å². The van der Waals surface area contributed by atoms with Crippen LogP contribution in [0.2, 0.25) is 0 Å². The lowest BCUT2D eigenvalue weighted by atomic mass is 9.90. The molecule has 1 N–H and O–H groups in total. The van der Waals surface area contributed by atoms with Crippen LogP contribution in [0, 0.1) is 0 Å². The Morgan fingerprint density at radius 2 is 1.95 bits per heavy atom. The van der Waals surface area contributed by atoms with Crippen LogP contribution < -0.4 is 9.47 Å². The van der Waals surface area contributed by atoms with Crippen LogP contribution in [0.3, 0.4) is 0 Å². The van der Waals surface area contributed by atoms with Gasteiger partial charge in [-0.15, -0.1) is 0 Å². The van der Waals surface area contributed by atoms with Crippen molar-refractivity contribution in [2.24, 2.45) is 0 Å². The number of fused-ring (bicyclic) bond motifs is 1. The van der Waals surface area contributed by atoms with E-state index in [9.17, 15) is 0 Å². The first-order chi connectivity index (χ1) is 9.21. The maximum Gasteiger partial charge on any atom is 0.161 e. The molecule has 0 aromatic heterocycles. The molecule has 1 atom stereocenters. The van der Waals surface area contributed by atoms with Crippen LogP contribution in [0.5, 0.6) is 11.5 Å². The van der Waals surface area contributed by atoms with Gasteiger partial charge in [-0.2, -0.15) is 0 Å². The SMILES string of the molecule is COc1cc2c(cc1OC)C(CCCO)N(C)CC2. The Morgan fingerprint density at radius 3 is 2.58 bits per heavy atom. The number of benzene rings is 1. The van der Waals surface area contributed by atoms with Crippen molar-refractivity contribution in [3.8, 4) is 11.5 Å². The second kappa shape index (κ2) is 6.26. The van der Waals surface area contributed by atoms with E-state index in [0.29, 0.717) is 6.04 Å². The van der Waals surface area contributed by atoms with Gasteiger partial charge in [-0.05, 0) is 49.6 Å². The lowest BCUT2D eigenvalue weighted by Crippen LogP contribution is -2.32. The van der Waals surface area contributed by atoms with E-state index in [1.54, 1.807) is 14.2 Å². The van der Waals surface area contributed by atoms with Gasteiger partial charge in [-0.3, -0.25) is 4.90 Å². The Bertz CT molecular complexity index is 434. The van der Waals surface area contributed by atoms with Gasteiger partial charge in [0.2, 0.25) is 0 Å². The summed E-state index contributed by atoms with van der Waals surface area (Å²) in [6, 6.07) is 4.54. The smallest absolute Gasteiger partial charge is 0.161 e. The van der Waals surface area contributed by atoms with Crippen molar-refractivity contribution in [3.05, 3.63) is 23.3 Å². The number of rotatable bonds is 5. The van der Waals surface area contributed by atoms with Crippen molar-refractivity contribution >= 4 is 0 Å². The van der Waals surface area contributed by atoms with Crippen LogP contribution >= 0.6 is 0 Å². The summed E-state index contributed by atoms with van der Waals surface area (Å²) in [6.07, 6.45) is 2.82. The van der Waals surface area contributed by atoms with E-state index >= 15 is 0 Å². The molecule has 0 aliphatic carbocycles. The maximum absolute atomic E-state index is 9.05. The fourth-order valence-electron chi connectivity index (χ4n) is 2.81. The van der Waals surface area contributed by atoms with Crippen LogP contribution in [-0.4, -0.2) is 44.4 Å². The van der Waals surface area contributed by atoms with E-state index in [1.165, 1.54) is 11.1 Å². The fourth-order valence-corrected chi connectivity index (χ4v) is 2.81. The normalized spacial score (nSPS) is 19.1. The van der Waals surface area contributed by atoms with Crippen LogP contribution in [0.15, 0.2) is 12.1 Å². The van der Waals surface area contributed by atoms with E-state index in [-0.39, 0.29) is 6.61 Å². The Hall–Kier alpha value is -1.26. The number of aliphatic hydroxyl groups excluding tert-OH is 1. The summed E-state index contributed by atoms with van der Waals surface area (Å²) in [4.78, 5) is 2.35. The van der Waals surface area contributed by atoms with Gasteiger partial charge in [0.05, 0.1) is 14.2 Å². The zero-order chi connectivity index (χ0) is 13.8. The highest BCUT2D eigenvalue weighted by Crippen LogP contribution is 2.39. The third kappa shape index (κ3) is 2.85. The molecule has 0 fully saturated rings. The quantitative estimate of drug-likeness (QED) is 0.884. The number of methoxy groups -OCH3 is 2. The summed E-state index contributed by atoms with van der Waals surface area (Å²) < 4.78 is 10.8. The Balaban J connectivity index is 2.37. The molecule has 0 amide bonds. The molecule has 0 radical (unpaired) electrons. The van der Waals surface area contributed by atoms with E-state index in [1.807, 2.05) is 0 Å². The molecule has 1 heterocycles. The molecule has 1 unspecified atom stereocenters. The molecule has 0 saturated heterocycles. The molecule has 106 valence electrons. The minimum absolute atomic E-state index is 0.243. The molecule has 1 aliphatic rings. The highest BCUT2D eigenvalue weighted by Gasteiger charge is 2.26. The molecular weight excluding hydrogens is 242 g/mol. The summed E-state index contributed by atoms with van der Waals surface area (Å²) in [5.41, 5.74) is 2.64. The first kappa shape index (κ1) is 14.2. The zero-order valence-corrected chi connectivity index (χ0v) is 12.0. The van der Waals surface area contributed by atoms with Gasteiger partial charge in [-0.25, -0.2) is 0 Å².